The van der Waals surface area contributed by atoms with Gasteiger partial charge in [0.25, 0.3) is 0 Å². The number of hydrogen-bond acceptors (Lipinski definition) is 5. The van der Waals surface area contributed by atoms with E-state index in [1.807, 2.05) is 26.8 Å². The van der Waals surface area contributed by atoms with Crippen molar-refractivity contribution in [3.8, 4) is 0 Å². The van der Waals surface area contributed by atoms with Gasteiger partial charge in [-0.1, -0.05) is 12.1 Å². The van der Waals surface area contributed by atoms with Gasteiger partial charge in [-0.15, -0.1) is 0 Å². The van der Waals surface area contributed by atoms with Crippen molar-refractivity contribution in [3.05, 3.63) is 34.2 Å². The summed E-state index contributed by atoms with van der Waals surface area (Å²) in [7, 11) is 1.64. The number of benzene rings is 1. The number of carbonyl (C=O) groups excluding carboxylic acids is 3. The van der Waals surface area contributed by atoms with E-state index in [9.17, 15) is 19.2 Å². The standard InChI is InChI=1S/C20H25N3O5/c1-20(2,3)28-16(25)11-8-12-6-5-7-13-17(12)22(4)19(27)23(13)14-9-10-15(24)21-18(14)26/h5-7,14H,8-11H2,1-4H3,(H,21,24,26). The maximum atomic E-state index is 12.9. The van der Waals surface area contributed by atoms with Crippen molar-refractivity contribution in [1.29, 1.82) is 0 Å². The Labute approximate surface area is 162 Å². The van der Waals surface area contributed by atoms with Gasteiger partial charge in [-0.2, -0.15) is 0 Å². The summed E-state index contributed by atoms with van der Waals surface area (Å²) in [6.45, 7) is 5.44. The molecule has 1 atom stereocenters. The molecule has 1 aliphatic heterocycles. The van der Waals surface area contributed by atoms with Crippen LogP contribution in [-0.4, -0.2) is 32.5 Å². The van der Waals surface area contributed by atoms with E-state index in [1.165, 1.54) is 9.13 Å². The van der Waals surface area contributed by atoms with Crippen LogP contribution >= 0.6 is 0 Å². The fraction of sp³-hybridized carbons (Fsp3) is 0.500. The molecule has 2 amide bonds. The minimum atomic E-state index is -0.727. The first-order valence-electron chi connectivity index (χ1n) is 9.33. The van der Waals surface area contributed by atoms with Crippen LogP contribution in [0.15, 0.2) is 23.0 Å². The van der Waals surface area contributed by atoms with Crippen LogP contribution in [0.1, 0.15) is 51.6 Å². The van der Waals surface area contributed by atoms with Crippen LogP contribution in [-0.2, 0) is 32.6 Å². The number of nitrogens with one attached hydrogen (secondary N) is 1. The molecule has 1 aromatic carbocycles. The molecule has 1 aliphatic rings. The topological polar surface area (TPSA) is 99.4 Å². The average molecular weight is 387 g/mol. The highest BCUT2D eigenvalue weighted by Crippen LogP contribution is 2.25. The number of aromatic nitrogens is 2. The minimum Gasteiger partial charge on any atom is -0.460 e. The number of nitrogens with zero attached hydrogens (tertiary/aromatic N) is 2. The van der Waals surface area contributed by atoms with Crippen LogP contribution in [0.25, 0.3) is 11.0 Å². The number of amides is 2. The third-order valence-electron chi connectivity index (χ3n) is 4.73. The van der Waals surface area contributed by atoms with Gasteiger partial charge in [0.1, 0.15) is 11.6 Å². The lowest BCUT2D eigenvalue weighted by Gasteiger charge is -2.22. The van der Waals surface area contributed by atoms with Crippen molar-refractivity contribution in [2.45, 2.75) is 58.1 Å². The smallest absolute Gasteiger partial charge is 0.329 e. The average Bonchev–Trinajstić information content (AvgIpc) is 2.84. The lowest BCUT2D eigenvalue weighted by Crippen LogP contribution is -2.44. The fourth-order valence-electron chi connectivity index (χ4n) is 3.58. The normalized spacial score (nSPS) is 17.6. The Morgan fingerprint density at radius 2 is 1.96 bits per heavy atom. The van der Waals surface area contributed by atoms with E-state index >= 15 is 0 Å². The Balaban J connectivity index is 1.95. The Kier molecular flexibility index (Phi) is 5.14. The summed E-state index contributed by atoms with van der Waals surface area (Å²) in [4.78, 5) is 48.6. The summed E-state index contributed by atoms with van der Waals surface area (Å²) >= 11 is 0. The molecule has 0 bridgehead atoms. The van der Waals surface area contributed by atoms with Crippen LogP contribution in [0.2, 0.25) is 0 Å². The van der Waals surface area contributed by atoms with Crippen LogP contribution < -0.4 is 11.0 Å². The maximum Gasteiger partial charge on any atom is 0.329 e. The van der Waals surface area contributed by atoms with Gasteiger partial charge in [0, 0.05) is 19.9 Å². The van der Waals surface area contributed by atoms with Gasteiger partial charge in [0.05, 0.1) is 11.0 Å². The van der Waals surface area contributed by atoms with Gasteiger partial charge in [-0.05, 0) is 45.2 Å². The molecule has 1 aromatic heterocycles. The van der Waals surface area contributed by atoms with E-state index in [1.54, 1.807) is 19.2 Å². The van der Waals surface area contributed by atoms with E-state index in [-0.39, 0.29) is 36.8 Å². The monoisotopic (exact) mass is 387 g/mol. The molecule has 0 aliphatic carbocycles. The first-order valence-corrected chi connectivity index (χ1v) is 9.33. The molecule has 8 heteroatoms. The molecule has 0 spiro atoms. The van der Waals surface area contributed by atoms with Gasteiger partial charge < -0.3 is 4.74 Å². The molecule has 1 unspecified atom stereocenters. The number of aryl methyl sites for hydroxylation is 2. The van der Waals surface area contributed by atoms with Gasteiger partial charge in [0.2, 0.25) is 11.8 Å². The predicted octanol–water partition coefficient (Wildman–Crippen LogP) is 1.59. The molecule has 1 saturated heterocycles. The van der Waals surface area contributed by atoms with E-state index in [0.29, 0.717) is 17.5 Å². The molecule has 28 heavy (non-hydrogen) atoms. The highest BCUT2D eigenvalue weighted by atomic mass is 16.6. The van der Waals surface area contributed by atoms with Crippen LogP contribution in [0.4, 0.5) is 0 Å². The summed E-state index contributed by atoms with van der Waals surface area (Å²) in [6, 6.07) is 4.71. The lowest BCUT2D eigenvalue weighted by atomic mass is 10.0. The number of fused-ring (bicyclic) bond motifs is 1. The Morgan fingerprint density at radius 3 is 2.61 bits per heavy atom. The van der Waals surface area contributed by atoms with Crippen molar-refractivity contribution >= 4 is 28.8 Å². The fourth-order valence-corrected chi connectivity index (χ4v) is 3.58. The highest BCUT2D eigenvalue weighted by Gasteiger charge is 2.31. The summed E-state index contributed by atoms with van der Waals surface area (Å²) < 4.78 is 8.28. The van der Waals surface area contributed by atoms with Crippen LogP contribution in [0.3, 0.4) is 0 Å². The Morgan fingerprint density at radius 1 is 1.25 bits per heavy atom. The number of imide groups is 1. The zero-order valence-corrected chi connectivity index (χ0v) is 16.6. The molecule has 3 rings (SSSR count). The first kappa shape index (κ1) is 19.9. The maximum absolute atomic E-state index is 12.9. The van der Waals surface area contributed by atoms with Gasteiger partial charge >= 0.3 is 11.7 Å². The molecular formula is C20H25N3O5. The van der Waals surface area contributed by atoms with E-state index in [2.05, 4.69) is 5.32 Å². The molecule has 1 N–H and O–H groups in total. The molecular weight excluding hydrogens is 362 g/mol. The van der Waals surface area contributed by atoms with Crippen molar-refractivity contribution in [2.75, 3.05) is 0 Å². The molecule has 150 valence electrons. The number of imidazole rings is 1. The van der Waals surface area contributed by atoms with Crippen molar-refractivity contribution < 1.29 is 19.1 Å². The summed E-state index contributed by atoms with van der Waals surface area (Å²) in [6.07, 6.45) is 1.08. The molecule has 1 fully saturated rings. The molecule has 2 aromatic rings. The quantitative estimate of drug-likeness (QED) is 0.634. The van der Waals surface area contributed by atoms with Gasteiger partial charge in [-0.3, -0.25) is 28.8 Å². The second kappa shape index (κ2) is 7.26. The molecule has 0 saturated carbocycles. The van der Waals surface area contributed by atoms with Crippen LogP contribution in [0.5, 0.6) is 0 Å². The Hall–Kier alpha value is -2.90. The number of esters is 1. The zero-order chi connectivity index (χ0) is 20.6. The largest absolute Gasteiger partial charge is 0.460 e. The number of para-hydroxylation sites is 1. The molecule has 0 radical (unpaired) electrons. The van der Waals surface area contributed by atoms with Gasteiger partial charge in [-0.25, -0.2) is 4.79 Å². The number of ether oxygens (including phenoxy) is 1. The van der Waals surface area contributed by atoms with Gasteiger partial charge in [0.15, 0.2) is 0 Å². The first-order chi connectivity index (χ1) is 13.1. The minimum absolute atomic E-state index is 0.189. The van der Waals surface area contributed by atoms with Crippen LogP contribution in [0, 0.1) is 0 Å². The third-order valence-corrected chi connectivity index (χ3v) is 4.73. The molecule has 8 nitrogen and oxygen atoms in total. The third kappa shape index (κ3) is 3.85. The predicted molar refractivity (Wildman–Crippen MR) is 103 cm³/mol. The van der Waals surface area contributed by atoms with Crippen molar-refractivity contribution in [1.82, 2.24) is 14.5 Å². The second-order valence-electron chi connectivity index (χ2n) is 8.05. The SMILES string of the molecule is Cn1c(=O)n(C2CCC(=O)NC2=O)c2cccc(CCC(=O)OC(C)(C)C)c21. The highest BCUT2D eigenvalue weighted by molar-refractivity contribution is 6.00. The summed E-state index contributed by atoms with van der Waals surface area (Å²) in [5.41, 5.74) is 1.25. The number of rotatable bonds is 4. The lowest BCUT2D eigenvalue weighted by molar-refractivity contribution is -0.154. The summed E-state index contributed by atoms with van der Waals surface area (Å²) in [5.74, 6) is -1.10. The Bertz CT molecular complexity index is 1010. The van der Waals surface area contributed by atoms with E-state index in [0.717, 1.165) is 5.56 Å². The number of carbonyl (C=O) groups is 3. The number of piperidine rings is 1. The van der Waals surface area contributed by atoms with Crippen molar-refractivity contribution in [2.24, 2.45) is 7.05 Å². The second-order valence-corrected chi connectivity index (χ2v) is 8.05. The zero-order valence-electron chi connectivity index (χ0n) is 16.6. The summed E-state index contributed by atoms with van der Waals surface area (Å²) in [5, 5.41) is 2.30. The van der Waals surface area contributed by atoms with E-state index < -0.39 is 17.6 Å². The van der Waals surface area contributed by atoms with E-state index in [4.69, 9.17) is 4.74 Å². The van der Waals surface area contributed by atoms with Crippen molar-refractivity contribution in [3.63, 3.8) is 0 Å². The molecule has 2 heterocycles. The number of hydrogen-bond donors (Lipinski definition) is 1.